The van der Waals surface area contributed by atoms with Crippen molar-refractivity contribution in [3.63, 3.8) is 0 Å². The van der Waals surface area contributed by atoms with Crippen LogP contribution < -0.4 is 5.32 Å². The maximum Gasteiger partial charge on any atom is 0.317 e. The van der Waals surface area contributed by atoms with Crippen LogP contribution in [0, 0.1) is 5.82 Å². The molecule has 0 unspecified atom stereocenters. The molecule has 0 aliphatic carbocycles. The lowest BCUT2D eigenvalue weighted by Crippen LogP contribution is -2.40. The van der Waals surface area contributed by atoms with Crippen molar-refractivity contribution in [3.8, 4) is 0 Å². The van der Waals surface area contributed by atoms with E-state index in [1.54, 1.807) is 12.1 Å². The smallest absolute Gasteiger partial charge is 0.317 e. The molecule has 0 atom stereocenters. The summed E-state index contributed by atoms with van der Waals surface area (Å²) in [6, 6.07) is 10.6. The Balaban J connectivity index is 2.08. The number of urea groups is 1. The largest absolute Gasteiger partial charge is 0.345 e. The Morgan fingerprint density at radius 2 is 2.04 bits per heavy atom. The summed E-state index contributed by atoms with van der Waals surface area (Å²) in [5, 5.41) is 2.89. The van der Waals surface area contributed by atoms with Crippen LogP contribution in [0.3, 0.4) is 0 Å². The van der Waals surface area contributed by atoms with Crippen LogP contribution in [-0.2, 0) is 13.1 Å². The van der Waals surface area contributed by atoms with E-state index in [-0.39, 0.29) is 11.8 Å². The van der Waals surface area contributed by atoms with Crippen molar-refractivity contribution >= 4 is 6.03 Å². The molecule has 136 valence electrons. The number of hydrogen-bond acceptors (Lipinski definition) is 1. The van der Waals surface area contributed by atoms with Gasteiger partial charge in [-0.05, 0) is 43.2 Å². The summed E-state index contributed by atoms with van der Waals surface area (Å²) < 4.78 is 15.5. The Kier molecular flexibility index (Phi) is 7.51. The van der Waals surface area contributed by atoms with Gasteiger partial charge in [-0.25, -0.2) is 9.18 Å². The van der Waals surface area contributed by atoms with Crippen LogP contribution in [0.4, 0.5) is 9.18 Å². The molecule has 2 amide bonds. The highest BCUT2D eigenvalue weighted by Gasteiger charge is 2.14. The molecule has 1 aromatic carbocycles. The third kappa shape index (κ3) is 5.93. The predicted molar refractivity (Wildman–Crippen MR) is 98.9 cm³/mol. The number of unbranched alkanes of at least 4 members (excludes halogenated alkanes) is 2. The second kappa shape index (κ2) is 9.87. The lowest BCUT2D eigenvalue weighted by molar-refractivity contribution is 0.193. The molecule has 5 heteroatoms. The maximum atomic E-state index is 13.4. The summed E-state index contributed by atoms with van der Waals surface area (Å²) in [7, 11) is 0. The lowest BCUT2D eigenvalue weighted by Gasteiger charge is -2.24. The van der Waals surface area contributed by atoms with Crippen molar-refractivity contribution in [1.29, 1.82) is 0 Å². The van der Waals surface area contributed by atoms with Crippen molar-refractivity contribution in [2.75, 3.05) is 13.1 Å². The Labute approximate surface area is 149 Å². The van der Waals surface area contributed by atoms with E-state index >= 15 is 0 Å². The van der Waals surface area contributed by atoms with Gasteiger partial charge in [-0.2, -0.15) is 0 Å². The molecule has 0 bridgehead atoms. The molecule has 25 heavy (non-hydrogen) atoms. The standard InChI is InChI=1S/C20H28FN3O/c1-3-5-6-12-24(20(25)22-4-2)16-19-11-8-13-23(19)15-17-9-7-10-18(21)14-17/h7-11,13-14H,3-6,12,15-16H2,1-2H3,(H,22,25). The van der Waals surface area contributed by atoms with E-state index in [0.717, 1.165) is 37.1 Å². The average molecular weight is 345 g/mol. The minimum absolute atomic E-state index is 0.0305. The topological polar surface area (TPSA) is 37.3 Å². The highest BCUT2D eigenvalue weighted by atomic mass is 19.1. The molecular formula is C20H28FN3O. The van der Waals surface area contributed by atoms with E-state index < -0.39 is 0 Å². The summed E-state index contributed by atoms with van der Waals surface area (Å²) in [6.45, 7) is 6.59. The van der Waals surface area contributed by atoms with E-state index in [9.17, 15) is 9.18 Å². The van der Waals surface area contributed by atoms with Gasteiger partial charge in [-0.1, -0.05) is 31.9 Å². The zero-order valence-corrected chi connectivity index (χ0v) is 15.2. The number of aromatic nitrogens is 1. The zero-order chi connectivity index (χ0) is 18.1. The van der Waals surface area contributed by atoms with Gasteiger partial charge in [0.2, 0.25) is 0 Å². The van der Waals surface area contributed by atoms with Gasteiger partial charge in [-0.15, -0.1) is 0 Å². The Morgan fingerprint density at radius 3 is 2.76 bits per heavy atom. The van der Waals surface area contributed by atoms with Crippen LogP contribution in [0.2, 0.25) is 0 Å². The first-order valence-electron chi connectivity index (χ1n) is 9.05. The van der Waals surface area contributed by atoms with E-state index in [0.29, 0.717) is 19.6 Å². The molecular weight excluding hydrogens is 317 g/mol. The van der Waals surface area contributed by atoms with Crippen LogP contribution in [-0.4, -0.2) is 28.6 Å². The molecule has 0 saturated heterocycles. The third-order valence-electron chi connectivity index (χ3n) is 4.17. The maximum absolute atomic E-state index is 13.4. The quantitative estimate of drug-likeness (QED) is 0.672. The zero-order valence-electron chi connectivity index (χ0n) is 15.2. The second-order valence-electron chi connectivity index (χ2n) is 6.22. The number of nitrogens with zero attached hydrogens (tertiary/aromatic N) is 2. The summed E-state index contributed by atoms with van der Waals surface area (Å²) in [5.41, 5.74) is 1.96. The average Bonchev–Trinajstić information content (AvgIpc) is 3.01. The summed E-state index contributed by atoms with van der Waals surface area (Å²) in [4.78, 5) is 14.2. The molecule has 0 aliphatic rings. The Hall–Kier alpha value is -2.30. The Bertz CT molecular complexity index is 668. The number of carbonyl (C=O) groups excluding carboxylic acids is 1. The summed E-state index contributed by atoms with van der Waals surface area (Å²) in [6.07, 6.45) is 5.21. The molecule has 2 aromatic rings. The molecule has 0 radical (unpaired) electrons. The van der Waals surface area contributed by atoms with Crippen molar-refractivity contribution in [2.45, 2.75) is 46.2 Å². The Morgan fingerprint density at radius 1 is 1.20 bits per heavy atom. The molecule has 1 N–H and O–H groups in total. The van der Waals surface area contributed by atoms with Crippen LogP contribution >= 0.6 is 0 Å². The van der Waals surface area contributed by atoms with E-state index in [2.05, 4.69) is 16.8 Å². The van der Waals surface area contributed by atoms with Gasteiger partial charge in [0, 0.05) is 31.5 Å². The van der Waals surface area contributed by atoms with Crippen LogP contribution in [0.25, 0.3) is 0 Å². The van der Waals surface area contributed by atoms with Crippen molar-refractivity contribution < 1.29 is 9.18 Å². The fourth-order valence-corrected chi connectivity index (χ4v) is 2.84. The fourth-order valence-electron chi connectivity index (χ4n) is 2.84. The van der Waals surface area contributed by atoms with Gasteiger partial charge in [-0.3, -0.25) is 0 Å². The minimum Gasteiger partial charge on any atom is -0.345 e. The van der Waals surface area contributed by atoms with Gasteiger partial charge in [0.25, 0.3) is 0 Å². The van der Waals surface area contributed by atoms with Crippen LogP contribution in [0.1, 0.15) is 44.4 Å². The van der Waals surface area contributed by atoms with E-state index in [1.807, 2.05) is 36.2 Å². The molecule has 2 rings (SSSR count). The first-order valence-corrected chi connectivity index (χ1v) is 9.05. The van der Waals surface area contributed by atoms with Gasteiger partial charge in [0.1, 0.15) is 5.82 Å². The molecule has 1 aromatic heterocycles. The number of amides is 2. The number of rotatable bonds is 9. The third-order valence-corrected chi connectivity index (χ3v) is 4.17. The summed E-state index contributed by atoms with van der Waals surface area (Å²) in [5.74, 6) is -0.227. The van der Waals surface area contributed by atoms with Crippen molar-refractivity contribution in [2.24, 2.45) is 0 Å². The fraction of sp³-hybridized carbons (Fsp3) is 0.450. The second-order valence-corrected chi connectivity index (χ2v) is 6.22. The van der Waals surface area contributed by atoms with Crippen LogP contribution in [0.15, 0.2) is 42.6 Å². The summed E-state index contributed by atoms with van der Waals surface area (Å²) >= 11 is 0. The predicted octanol–water partition coefficient (Wildman–Crippen LogP) is 4.40. The van der Waals surface area contributed by atoms with Gasteiger partial charge in [0.05, 0.1) is 6.54 Å². The highest BCUT2D eigenvalue weighted by Crippen LogP contribution is 2.13. The lowest BCUT2D eigenvalue weighted by atomic mass is 10.2. The van der Waals surface area contributed by atoms with Gasteiger partial charge in [0.15, 0.2) is 0 Å². The number of nitrogens with one attached hydrogen (secondary N) is 1. The van der Waals surface area contributed by atoms with Gasteiger partial charge < -0.3 is 14.8 Å². The minimum atomic E-state index is -0.227. The number of benzene rings is 1. The SMILES string of the molecule is CCCCCN(Cc1cccn1Cc1cccc(F)c1)C(=O)NCC. The van der Waals surface area contributed by atoms with Gasteiger partial charge >= 0.3 is 6.03 Å². The molecule has 4 nitrogen and oxygen atoms in total. The van der Waals surface area contributed by atoms with E-state index in [1.165, 1.54) is 6.07 Å². The first kappa shape index (κ1) is 19.0. The monoisotopic (exact) mass is 345 g/mol. The van der Waals surface area contributed by atoms with E-state index in [4.69, 9.17) is 0 Å². The molecule has 0 saturated carbocycles. The number of hydrogen-bond donors (Lipinski definition) is 1. The van der Waals surface area contributed by atoms with Crippen molar-refractivity contribution in [1.82, 2.24) is 14.8 Å². The highest BCUT2D eigenvalue weighted by molar-refractivity contribution is 5.74. The normalized spacial score (nSPS) is 10.7. The molecule has 0 fully saturated rings. The number of halogens is 1. The van der Waals surface area contributed by atoms with Crippen molar-refractivity contribution in [3.05, 3.63) is 59.7 Å². The van der Waals surface area contributed by atoms with Crippen LogP contribution in [0.5, 0.6) is 0 Å². The molecule has 1 heterocycles. The first-order chi connectivity index (χ1) is 12.1. The molecule has 0 spiro atoms. The number of carbonyl (C=O) groups is 1. The molecule has 0 aliphatic heterocycles.